The fourth-order valence-electron chi connectivity index (χ4n) is 2.84. The Bertz CT molecular complexity index is 727. The molecule has 2 aromatic heterocycles. The van der Waals surface area contributed by atoms with Crippen LogP contribution in [0.1, 0.15) is 29.0 Å². The number of aromatic nitrogens is 1. The molecule has 0 amide bonds. The Kier molecular flexibility index (Phi) is 3.90. The van der Waals surface area contributed by atoms with Crippen LogP contribution in [0.15, 0.2) is 21.7 Å². The van der Waals surface area contributed by atoms with E-state index in [1.807, 2.05) is 13.8 Å². The zero-order chi connectivity index (χ0) is 15.0. The molecule has 5 nitrogen and oxygen atoms in total. The zero-order valence-corrected chi connectivity index (χ0v) is 13.8. The van der Waals surface area contributed by atoms with E-state index in [9.17, 15) is 8.42 Å². The fourth-order valence-corrected chi connectivity index (χ4v) is 6.17. The van der Waals surface area contributed by atoms with Crippen molar-refractivity contribution >= 4 is 21.4 Å². The molecule has 1 aliphatic rings. The highest BCUT2D eigenvalue weighted by Gasteiger charge is 2.33. The van der Waals surface area contributed by atoms with Crippen molar-refractivity contribution in [1.82, 2.24) is 9.46 Å². The van der Waals surface area contributed by atoms with E-state index in [0.29, 0.717) is 29.3 Å². The molecule has 3 rings (SSSR count). The number of nitrogens with zero attached hydrogens (tertiary/aromatic N) is 2. The van der Waals surface area contributed by atoms with E-state index >= 15 is 0 Å². The van der Waals surface area contributed by atoms with Gasteiger partial charge in [-0.2, -0.15) is 4.31 Å². The van der Waals surface area contributed by atoms with Gasteiger partial charge in [-0.15, -0.1) is 11.3 Å². The minimum Gasteiger partial charge on any atom is -0.356 e. The number of piperidine rings is 1. The molecular formula is C14H18N2O3S2. The Balaban J connectivity index is 2.14. The van der Waals surface area contributed by atoms with Gasteiger partial charge in [-0.25, -0.2) is 8.42 Å². The topological polar surface area (TPSA) is 63.4 Å². The Morgan fingerprint density at radius 3 is 2.52 bits per heavy atom. The molecule has 1 saturated heterocycles. The average Bonchev–Trinajstić information content (AvgIpc) is 3.07. The van der Waals surface area contributed by atoms with Crippen molar-refractivity contribution in [2.75, 3.05) is 13.1 Å². The van der Waals surface area contributed by atoms with Crippen LogP contribution in [-0.4, -0.2) is 31.0 Å². The van der Waals surface area contributed by atoms with E-state index < -0.39 is 10.0 Å². The maximum atomic E-state index is 13.0. The largest absolute Gasteiger partial charge is 0.356 e. The summed E-state index contributed by atoms with van der Waals surface area (Å²) in [5.41, 5.74) is 0.667. The van der Waals surface area contributed by atoms with Crippen LogP contribution in [0.2, 0.25) is 0 Å². The molecule has 1 aliphatic heterocycles. The molecular weight excluding hydrogens is 308 g/mol. The Hall–Kier alpha value is -1.18. The van der Waals surface area contributed by atoms with Gasteiger partial charge >= 0.3 is 0 Å². The quantitative estimate of drug-likeness (QED) is 0.869. The van der Waals surface area contributed by atoms with Gasteiger partial charge < -0.3 is 4.52 Å². The summed E-state index contributed by atoms with van der Waals surface area (Å²) in [5, 5.41) is 3.71. The second-order valence-electron chi connectivity index (χ2n) is 5.26. The molecule has 2 aromatic rings. The highest BCUT2D eigenvalue weighted by atomic mass is 32.2. The van der Waals surface area contributed by atoms with E-state index in [1.54, 1.807) is 16.6 Å². The van der Waals surface area contributed by atoms with Gasteiger partial charge in [-0.05, 0) is 26.7 Å². The van der Waals surface area contributed by atoms with Gasteiger partial charge in [0.15, 0.2) is 5.76 Å². The lowest BCUT2D eigenvalue weighted by atomic mass is 10.2. The fraction of sp³-hybridized carbons (Fsp3) is 0.500. The van der Waals surface area contributed by atoms with Crippen LogP contribution in [0, 0.1) is 13.8 Å². The van der Waals surface area contributed by atoms with Gasteiger partial charge in [0, 0.05) is 28.9 Å². The van der Waals surface area contributed by atoms with E-state index in [2.05, 4.69) is 5.16 Å². The van der Waals surface area contributed by atoms with Crippen molar-refractivity contribution in [3.8, 4) is 11.3 Å². The smallest absolute Gasteiger partial charge is 0.244 e. The van der Waals surface area contributed by atoms with Gasteiger partial charge in [-0.3, -0.25) is 0 Å². The van der Waals surface area contributed by atoms with Gasteiger partial charge in [0.25, 0.3) is 0 Å². The first kappa shape index (κ1) is 14.7. The summed E-state index contributed by atoms with van der Waals surface area (Å²) in [6.45, 7) is 4.98. The molecule has 0 saturated carbocycles. The van der Waals surface area contributed by atoms with Crippen molar-refractivity contribution < 1.29 is 12.9 Å². The molecule has 0 radical (unpaired) electrons. The van der Waals surface area contributed by atoms with E-state index in [1.165, 1.54) is 11.3 Å². The third-order valence-electron chi connectivity index (χ3n) is 3.80. The first-order valence-corrected chi connectivity index (χ1v) is 9.28. The van der Waals surface area contributed by atoms with Crippen LogP contribution >= 0.6 is 11.3 Å². The Morgan fingerprint density at radius 1 is 1.19 bits per heavy atom. The highest BCUT2D eigenvalue weighted by Crippen LogP contribution is 2.40. The maximum Gasteiger partial charge on any atom is 0.244 e. The van der Waals surface area contributed by atoms with E-state index in [4.69, 9.17) is 4.52 Å². The van der Waals surface area contributed by atoms with Gasteiger partial charge in [0.2, 0.25) is 10.0 Å². The maximum absolute atomic E-state index is 13.0. The molecule has 0 N–H and O–H groups in total. The molecule has 3 heterocycles. The van der Waals surface area contributed by atoms with Gasteiger partial charge in [-0.1, -0.05) is 11.6 Å². The Morgan fingerprint density at radius 2 is 1.90 bits per heavy atom. The number of aryl methyl sites for hydroxylation is 2. The summed E-state index contributed by atoms with van der Waals surface area (Å²) in [6, 6.07) is 1.71. The molecule has 114 valence electrons. The highest BCUT2D eigenvalue weighted by molar-refractivity contribution is 7.89. The monoisotopic (exact) mass is 326 g/mol. The minimum atomic E-state index is -3.47. The third kappa shape index (κ3) is 2.54. The molecule has 0 aromatic carbocycles. The summed E-state index contributed by atoms with van der Waals surface area (Å²) in [5.74, 6) is 0.521. The average molecular weight is 326 g/mol. The molecule has 7 heteroatoms. The summed E-state index contributed by atoms with van der Waals surface area (Å²) in [4.78, 5) is 2.15. The first-order chi connectivity index (χ1) is 10.0. The van der Waals surface area contributed by atoms with Crippen molar-refractivity contribution in [3.63, 3.8) is 0 Å². The van der Waals surface area contributed by atoms with Crippen LogP contribution in [0.5, 0.6) is 0 Å². The summed E-state index contributed by atoms with van der Waals surface area (Å²) >= 11 is 1.49. The molecule has 0 bridgehead atoms. The van der Waals surface area contributed by atoms with Crippen LogP contribution in [0.3, 0.4) is 0 Å². The molecule has 0 aliphatic carbocycles. The van der Waals surface area contributed by atoms with Gasteiger partial charge in [0.1, 0.15) is 4.90 Å². The zero-order valence-electron chi connectivity index (χ0n) is 12.1. The predicted molar refractivity (Wildman–Crippen MR) is 81.9 cm³/mol. The minimum absolute atomic E-state index is 0.392. The lowest BCUT2D eigenvalue weighted by Gasteiger charge is -2.26. The molecule has 0 unspecified atom stereocenters. The van der Waals surface area contributed by atoms with E-state index in [-0.39, 0.29) is 0 Å². The normalized spacial score (nSPS) is 17.2. The van der Waals surface area contributed by atoms with Crippen molar-refractivity contribution in [2.24, 2.45) is 0 Å². The van der Waals surface area contributed by atoms with Crippen LogP contribution in [0.4, 0.5) is 0 Å². The SMILES string of the molecule is Cc1sc(C)c(S(=O)(=O)N2CCCCC2)c1-c1ccno1. The van der Waals surface area contributed by atoms with Crippen molar-refractivity contribution in [3.05, 3.63) is 22.0 Å². The third-order valence-corrected chi connectivity index (χ3v) is 7.02. The number of rotatable bonds is 3. The molecule has 21 heavy (non-hydrogen) atoms. The number of sulfonamides is 1. The van der Waals surface area contributed by atoms with Crippen molar-refractivity contribution in [1.29, 1.82) is 0 Å². The second kappa shape index (κ2) is 5.55. The van der Waals surface area contributed by atoms with Crippen LogP contribution in [-0.2, 0) is 10.0 Å². The van der Waals surface area contributed by atoms with E-state index in [0.717, 1.165) is 29.0 Å². The predicted octanol–water partition coefficient (Wildman–Crippen LogP) is 3.19. The molecule has 0 spiro atoms. The summed E-state index contributed by atoms with van der Waals surface area (Å²) in [6.07, 6.45) is 4.50. The van der Waals surface area contributed by atoms with Gasteiger partial charge in [0.05, 0.1) is 11.8 Å². The number of hydrogen-bond acceptors (Lipinski definition) is 5. The molecule has 1 fully saturated rings. The van der Waals surface area contributed by atoms with Crippen LogP contribution in [0.25, 0.3) is 11.3 Å². The lowest BCUT2D eigenvalue weighted by molar-refractivity contribution is 0.346. The standard InChI is InChI=1S/C14H18N2O3S2/c1-10-13(12-6-7-15-19-12)14(11(2)20-10)21(17,18)16-8-4-3-5-9-16/h6-7H,3-5,8-9H2,1-2H3. The first-order valence-electron chi connectivity index (χ1n) is 7.03. The number of thiophene rings is 1. The molecule has 0 atom stereocenters. The lowest BCUT2D eigenvalue weighted by Crippen LogP contribution is -2.35. The van der Waals surface area contributed by atoms with Crippen LogP contribution < -0.4 is 0 Å². The number of hydrogen-bond donors (Lipinski definition) is 0. The second-order valence-corrected chi connectivity index (χ2v) is 8.56. The summed E-state index contributed by atoms with van der Waals surface area (Å²) in [7, 11) is -3.47. The Labute approximate surface area is 128 Å². The summed E-state index contributed by atoms with van der Waals surface area (Å²) < 4.78 is 32.8. The van der Waals surface area contributed by atoms with Crippen molar-refractivity contribution in [2.45, 2.75) is 38.0 Å².